The number of likely N-dealkylation sites (tertiary alicyclic amines) is 1. The summed E-state index contributed by atoms with van der Waals surface area (Å²) in [5.41, 5.74) is 5.01. The third-order valence-corrected chi connectivity index (χ3v) is 10.4. The third-order valence-electron chi connectivity index (χ3n) is 10.4. The molecule has 12 heteroatoms. The van der Waals surface area contributed by atoms with Crippen LogP contribution in [0.2, 0.25) is 0 Å². The van der Waals surface area contributed by atoms with Crippen LogP contribution in [0.3, 0.4) is 0 Å². The van der Waals surface area contributed by atoms with E-state index in [1.165, 1.54) is 16.7 Å². The molecule has 6 rings (SSSR count). The number of aryl methyl sites for hydroxylation is 1. The number of piperidine rings is 1. The number of anilines is 2. The Morgan fingerprint density at radius 3 is 2.75 bits per heavy atom. The molecule has 4 heterocycles. The molecule has 1 aromatic heterocycles. The van der Waals surface area contributed by atoms with Crippen LogP contribution in [-0.2, 0) is 44.9 Å². The second-order valence-corrected chi connectivity index (χ2v) is 14.1. The Morgan fingerprint density at radius 1 is 1.06 bits per heavy atom. The minimum absolute atomic E-state index is 0.00872. The Labute approximate surface area is 307 Å². The Bertz CT molecular complexity index is 1660. The first-order valence-corrected chi connectivity index (χ1v) is 18.7. The van der Waals surface area contributed by atoms with E-state index in [2.05, 4.69) is 68.7 Å². The lowest BCUT2D eigenvalue weighted by atomic mass is 9.89. The van der Waals surface area contributed by atoms with Crippen LogP contribution in [0.25, 0.3) is 0 Å². The van der Waals surface area contributed by atoms with E-state index < -0.39 is 0 Å². The Hall–Kier alpha value is -4.23. The number of carbonyl (C=O) groups is 2. The topological polar surface area (TPSA) is 129 Å². The number of hydrogen-bond donors (Lipinski definition) is 3. The van der Waals surface area contributed by atoms with Crippen molar-refractivity contribution in [2.45, 2.75) is 57.6 Å². The number of morpholine rings is 1. The van der Waals surface area contributed by atoms with E-state index in [1.54, 1.807) is 17.0 Å². The maximum absolute atomic E-state index is 12.6. The summed E-state index contributed by atoms with van der Waals surface area (Å²) >= 11 is 0. The molecule has 3 aromatic rings. The van der Waals surface area contributed by atoms with Gasteiger partial charge >= 0.3 is 0 Å². The summed E-state index contributed by atoms with van der Waals surface area (Å²) in [6.45, 7) is 10.5. The molecule has 0 aliphatic carbocycles. The van der Waals surface area contributed by atoms with Crippen molar-refractivity contribution in [2.24, 2.45) is 0 Å². The van der Waals surface area contributed by atoms with Crippen LogP contribution in [0.15, 0.2) is 54.7 Å². The molecule has 280 valence electrons. The zero-order valence-electron chi connectivity index (χ0n) is 30.7. The first-order chi connectivity index (χ1) is 25.3. The molecule has 2 saturated heterocycles. The molecule has 0 unspecified atom stereocenters. The molecule has 0 bridgehead atoms. The molecule has 3 aliphatic heterocycles. The van der Waals surface area contributed by atoms with Crippen LogP contribution in [-0.4, -0.2) is 117 Å². The predicted octanol–water partition coefficient (Wildman–Crippen LogP) is 3.79. The lowest BCUT2D eigenvalue weighted by Crippen LogP contribution is -2.57. The molecule has 52 heavy (non-hydrogen) atoms. The van der Waals surface area contributed by atoms with Crippen molar-refractivity contribution in [1.82, 2.24) is 20.1 Å². The molecular weight excluding hydrogens is 660 g/mol. The number of phenolic OH excluding ortho intramolecular Hbond substituents is 1. The first-order valence-electron chi connectivity index (χ1n) is 18.7. The maximum atomic E-state index is 12.6. The number of nitrogens with one attached hydrogen (secondary N) is 2. The normalized spacial score (nSPS) is 17.0. The molecule has 0 radical (unpaired) electrons. The molecule has 2 fully saturated rings. The summed E-state index contributed by atoms with van der Waals surface area (Å²) in [5.74, 6) is 1.35. The molecule has 2 aromatic carbocycles. The van der Waals surface area contributed by atoms with E-state index in [9.17, 15) is 14.7 Å². The van der Waals surface area contributed by atoms with Crippen molar-refractivity contribution in [2.75, 3.05) is 89.5 Å². The number of nitrogens with zero attached hydrogens (tertiary/aromatic N) is 4. The van der Waals surface area contributed by atoms with Gasteiger partial charge in [0.05, 0.1) is 31.8 Å². The SMILES string of the molecule is CCc1ccnc(N2CCOC3(CCN(Cc4cccc(CCOCCC(=O)N(C)CCNCCc5ccc(O)c6c5OCC(=O)N6)c4)CC3)C2)c1. The number of likely N-dealkylation sites (N-methyl/N-ethyl adjacent to an activating group) is 1. The standard InChI is InChI=1S/C40H54N6O6/c1-3-30-9-16-42-35(26-30)46-21-24-52-40(29-46)13-18-45(19-14-40)27-32-6-4-5-31(25-32)11-22-50-23-12-37(49)44(2)20-17-41-15-10-33-7-8-34(47)38-39(33)51-28-36(48)43-38/h4-9,16,25-26,41,47H,3,10-15,17-24,27-29H2,1-2H3,(H,43,48). The first kappa shape index (κ1) is 37.5. The molecular formula is C40H54N6O6. The van der Waals surface area contributed by atoms with E-state index in [-0.39, 0.29) is 29.8 Å². The van der Waals surface area contributed by atoms with E-state index in [4.69, 9.17) is 14.2 Å². The Balaban J connectivity index is 0.839. The van der Waals surface area contributed by atoms with Crippen molar-refractivity contribution in [1.29, 1.82) is 0 Å². The minimum atomic E-state index is -0.283. The van der Waals surface area contributed by atoms with Gasteiger partial charge in [0.1, 0.15) is 17.3 Å². The summed E-state index contributed by atoms with van der Waals surface area (Å²) in [7, 11) is 1.81. The fourth-order valence-corrected chi connectivity index (χ4v) is 7.23. The largest absolute Gasteiger partial charge is 0.506 e. The highest BCUT2D eigenvalue weighted by Crippen LogP contribution is 2.39. The van der Waals surface area contributed by atoms with Crippen LogP contribution in [0.5, 0.6) is 11.5 Å². The number of aromatic hydroxyl groups is 1. The van der Waals surface area contributed by atoms with Crippen LogP contribution in [0.4, 0.5) is 11.5 Å². The Kier molecular flexibility index (Phi) is 13.0. The number of aromatic nitrogens is 1. The molecule has 0 saturated carbocycles. The summed E-state index contributed by atoms with van der Waals surface area (Å²) in [4.78, 5) is 35.6. The lowest BCUT2D eigenvalue weighted by Gasteiger charge is -2.47. The van der Waals surface area contributed by atoms with Gasteiger partial charge in [0.25, 0.3) is 5.91 Å². The van der Waals surface area contributed by atoms with Crippen LogP contribution in [0.1, 0.15) is 48.4 Å². The van der Waals surface area contributed by atoms with Gasteiger partial charge in [-0.15, -0.1) is 0 Å². The summed E-state index contributed by atoms with van der Waals surface area (Å²) < 4.78 is 17.8. The van der Waals surface area contributed by atoms with Crippen LogP contribution < -0.4 is 20.3 Å². The fraction of sp³-hybridized carbons (Fsp3) is 0.525. The fourth-order valence-electron chi connectivity index (χ4n) is 7.23. The van der Waals surface area contributed by atoms with Gasteiger partial charge in [-0.1, -0.05) is 37.3 Å². The summed E-state index contributed by atoms with van der Waals surface area (Å²) in [6.07, 6.45) is 6.81. The number of rotatable bonds is 16. The van der Waals surface area contributed by atoms with Gasteiger partial charge in [-0.3, -0.25) is 14.5 Å². The average molecular weight is 715 g/mol. The van der Waals surface area contributed by atoms with Crippen molar-refractivity contribution in [3.8, 4) is 11.5 Å². The Morgan fingerprint density at radius 2 is 1.90 bits per heavy atom. The molecule has 0 atom stereocenters. The number of pyridine rings is 1. The van der Waals surface area contributed by atoms with Crippen molar-refractivity contribution >= 4 is 23.3 Å². The van der Waals surface area contributed by atoms with Crippen LogP contribution >= 0.6 is 0 Å². The zero-order chi connectivity index (χ0) is 36.3. The number of ether oxygens (including phenoxy) is 3. The minimum Gasteiger partial charge on any atom is -0.506 e. The number of amides is 2. The summed E-state index contributed by atoms with van der Waals surface area (Å²) in [5, 5.41) is 16.1. The number of hydrogen-bond acceptors (Lipinski definition) is 10. The molecule has 12 nitrogen and oxygen atoms in total. The predicted molar refractivity (Wildman–Crippen MR) is 201 cm³/mol. The van der Waals surface area contributed by atoms with Crippen molar-refractivity contribution < 1.29 is 28.9 Å². The van der Waals surface area contributed by atoms with Crippen molar-refractivity contribution in [3.63, 3.8) is 0 Å². The van der Waals surface area contributed by atoms with Gasteiger partial charge in [0.15, 0.2) is 12.4 Å². The quantitative estimate of drug-likeness (QED) is 0.149. The highest BCUT2D eigenvalue weighted by Gasteiger charge is 2.40. The summed E-state index contributed by atoms with van der Waals surface area (Å²) in [6, 6.07) is 16.5. The lowest BCUT2D eigenvalue weighted by molar-refractivity contribution is -0.131. The van der Waals surface area contributed by atoms with Crippen LogP contribution in [0, 0.1) is 0 Å². The van der Waals surface area contributed by atoms with Crippen molar-refractivity contribution in [3.05, 3.63) is 77.0 Å². The van der Waals surface area contributed by atoms with E-state index >= 15 is 0 Å². The number of fused-ring (bicyclic) bond motifs is 1. The van der Waals surface area contributed by atoms with Gasteiger partial charge in [0, 0.05) is 59.1 Å². The van der Waals surface area contributed by atoms with Gasteiger partial charge in [-0.05, 0) is 79.1 Å². The van der Waals surface area contributed by atoms with Gasteiger partial charge < -0.3 is 39.8 Å². The highest BCUT2D eigenvalue weighted by atomic mass is 16.5. The van der Waals surface area contributed by atoms with Gasteiger partial charge in [0.2, 0.25) is 5.91 Å². The number of carbonyl (C=O) groups excluding carboxylic acids is 2. The van der Waals surface area contributed by atoms with E-state index in [0.717, 1.165) is 76.4 Å². The monoisotopic (exact) mass is 714 g/mol. The van der Waals surface area contributed by atoms with Gasteiger partial charge in [-0.2, -0.15) is 0 Å². The zero-order valence-corrected chi connectivity index (χ0v) is 30.7. The van der Waals surface area contributed by atoms with E-state index in [1.807, 2.05) is 13.2 Å². The maximum Gasteiger partial charge on any atom is 0.262 e. The van der Waals surface area contributed by atoms with Gasteiger partial charge in [-0.25, -0.2) is 4.98 Å². The number of benzene rings is 2. The molecule has 3 N–H and O–H groups in total. The molecule has 2 amide bonds. The van der Waals surface area contributed by atoms with E-state index in [0.29, 0.717) is 57.1 Å². The second-order valence-electron chi connectivity index (χ2n) is 14.1. The number of phenols is 1. The molecule has 1 spiro atoms. The molecule has 3 aliphatic rings. The highest BCUT2D eigenvalue weighted by molar-refractivity contribution is 5.97. The third kappa shape index (κ3) is 10.0. The smallest absolute Gasteiger partial charge is 0.262 e. The average Bonchev–Trinajstić information content (AvgIpc) is 3.16. The second kappa shape index (κ2) is 18.0.